The first-order valence-electron chi connectivity index (χ1n) is 7.00. The van der Waals surface area contributed by atoms with E-state index in [1.165, 1.54) is 18.4 Å². The fourth-order valence-corrected chi connectivity index (χ4v) is 2.45. The standard InChI is InChI=1S/C15H23N3O/c1-11-5-6-12(15(19)16-2)10-14(11)18-13-4-3-8-17-9-7-13/h5-6,10,13,17-18H,3-4,7-9H2,1-2H3,(H,16,19). The van der Waals surface area contributed by atoms with Gasteiger partial charge in [0.1, 0.15) is 0 Å². The van der Waals surface area contributed by atoms with Gasteiger partial charge in [-0.3, -0.25) is 4.79 Å². The first kappa shape index (κ1) is 13.9. The lowest BCUT2D eigenvalue weighted by molar-refractivity contribution is 0.0963. The van der Waals surface area contributed by atoms with Crippen molar-refractivity contribution in [3.63, 3.8) is 0 Å². The summed E-state index contributed by atoms with van der Waals surface area (Å²) in [5.41, 5.74) is 2.97. The zero-order valence-corrected chi connectivity index (χ0v) is 11.8. The molecule has 4 heteroatoms. The molecule has 4 nitrogen and oxygen atoms in total. The van der Waals surface area contributed by atoms with Crippen LogP contribution in [0.2, 0.25) is 0 Å². The maximum Gasteiger partial charge on any atom is 0.251 e. The van der Waals surface area contributed by atoms with Crippen LogP contribution in [-0.4, -0.2) is 32.1 Å². The molecule has 0 spiro atoms. The van der Waals surface area contributed by atoms with Crippen LogP contribution in [0.15, 0.2) is 18.2 Å². The lowest BCUT2D eigenvalue weighted by atomic mass is 10.1. The molecular formula is C15H23N3O. The Balaban J connectivity index is 2.11. The molecule has 1 atom stereocenters. The summed E-state index contributed by atoms with van der Waals surface area (Å²) < 4.78 is 0. The van der Waals surface area contributed by atoms with Crippen LogP contribution in [0, 0.1) is 6.92 Å². The number of hydrogen-bond acceptors (Lipinski definition) is 3. The van der Waals surface area contributed by atoms with E-state index in [1.54, 1.807) is 7.05 Å². The number of carbonyl (C=O) groups excluding carboxylic acids is 1. The van der Waals surface area contributed by atoms with Gasteiger partial charge < -0.3 is 16.0 Å². The van der Waals surface area contributed by atoms with Crippen molar-refractivity contribution < 1.29 is 4.79 Å². The average molecular weight is 261 g/mol. The summed E-state index contributed by atoms with van der Waals surface area (Å²) in [6.07, 6.45) is 3.51. The second-order valence-electron chi connectivity index (χ2n) is 5.13. The van der Waals surface area contributed by atoms with Crippen LogP contribution < -0.4 is 16.0 Å². The van der Waals surface area contributed by atoms with E-state index < -0.39 is 0 Å². The number of amides is 1. The molecule has 104 valence electrons. The summed E-state index contributed by atoms with van der Waals surface area (Å²) in [5, 5.41) is 9.67. The zero-order chi connectivity index (χ0) is 13.7. The van der Waals surface area contributed by atoms with E-state index in [2.05, 4.69) is 22.9 Å². The van der Waals surface area contributed by atoms with Crippen molar-refractivity contribution in [3.8, 4) is 0 Å². The Bertz CT molecular complexity index is 437. The fraction of sp³-hybridized carbons (Fsp3) is 0.533. The van der Waals surface area contributed by atoms with E-state index in [0.717, 1.165) is 25.2 Å². The van der Waals surface area contributed by atoms with Gasteiger partial charge in [-0.15, -0.1) is 0 Å². The highest BCUT2D eigenvalue weighted by Crippen LogP contribution is 2.20. The second kappa shape index (κ2) is 6.57. The maximum atomic E-state index is 11.7. The van der Waals surface area contributed by atoms with Crippen molar-refractivity contribution in [2.45, 2.75) is 32.2 Å². The highest BCUT2D eigenvalue weighted by molar-refractivity contribution is 5.95. The van der Waals surface area contributed by atoms with Crippen molar-refractivity contribution in [1.82, 2.24) is 10.6 Å². The molecule has 0 saturated carbocycles. The highest BCUT2D eigenvalue weighted by atomic mass is 16.1. The van der Waals surface area contributed by atoms with Crippen LogP contribution in [0.25, 0.3) is 0 Å². The summed E-state index contributed by atoms with van der Waals surface area (Å²) in [6.45, 7) is 4.24. The van der Waals surface area contributed by atoms with E-state index in [0.29, 0.717) is 11.6 Å². The number of nitrogens with one attached hydrogen (secondary N) is 3. The summed E-state index contributed by atoms with van der Waals surface area (Å²) in [5.74, 6) is -0.0365. The Morgan fingerprint density at radius 2 is 2.16 bits per heavy atom. The molecule has 1 aliphatic rings. The molecule has 1 unspecified atom stereocenters. The van der Waals surface area contributed by atoms with Crippen molar-refractivity contribution in [2.24, 2.45) is 0 Å². The Morgan fingerprint density at radius 1 is 1.32 bits per heavy atom. The number of aryl methyl sites for hydroxylation is 1. The van der Waals surface area contributed by atoms with E-state index in [-0.39, 0.29) is 5.91 Å². The largest absolute Gasteiger partial charge is 0.382 e. The van der Waals surface area contributed by atoms with Crippen LogP contribution in [0.3, 0.4) is 0 Å². The zero-order valence-electron chi connectivity index (χ0n) is 11.8. The summed E-state index contributed by atoms with van der Waals surface area (Å²) in [6, 6.07) is 6.32. The van der Waals surface area contributed by atoms with Crippen LogP contribution in [0.4, 0.5) is 5.69 Å². The minimum atomic E-state index is -0.0365. The summed E-state index contributed by atoms with van der Waals surface area (Å²) >= 11 is 0. The van der Waals surface area contributed by atoms with Gasteiger partial charge in [-0.2, -0.15) is 0 Å². The van der Waals surface area contributed by atoms with Gasteiger partial charge in [0.05, 0.1) is 0 Å². The Kier molecular flexibility index (Phi) is 4.80. The predicted octanol–water partition coefficient (Wildman–Crippen LogP) is 1.91. The van der Waals surface area contributed by atoms with E-state index in [4.69, 9.17) is 0 Å². The molecule has 1 aliphatic heterocycles. The molecule has 0 aliphatic carbocycles. The number of hydrogen-bond donors (Lipinski definition) is 3. The molecule has 1 heterocycles. The third kappa shape index (κ3) is 3.70. The van der Waals surface area contributed by atoms with Crippen molar-refractivity contribution in [2.75, 3.05) is 25.5 Å². The number of benzene rings is 1. The van der Waals surface area contributed by atoms with E-state index in [9.17, 15) is 4.79 Å². The third-order valence-corrected chi connectivity index (χ3v) is 3.66. The molecule has 3 N–H and O–H groups in total. The van der Waals surface area contributed by atoms with Crippen LogP contribution in [0.1, 0.15) is 35.2 Å². The van der Waals surface area contributed by atoms with Gasteiger partial charge in [-0.1, -0.05) is 6.07 Å². The van der Waals surface area contributed by atoms with Crippen LogP contribution in [0.5, 0.6) is 0 Å². The molecule has 19 heavy (non-hydrogen) atoms. The van der Waals surface area contributed by atoms with Gasteiger partial charge in [0.15, 0.2) is 0 Å². The van der Waals surface area contributed by atoms with Gasteiger partial charge >= 0.3 is 0 Å². The topological polar surface area (TPSA) is 53.2 Å². The summed E-state index contributed by atoms with van der Waals surface area (Å²) in [4.78, 5) is 11.7. The monoisotopic (exact) mass is 261 g/mol. The molecule has 1 fully saturated rings. The lowest BCUT2D eigenvalue weighted by Crippen LogP contribution is -2.23. The maximum absolute atomic E-state index is 11.7. The molecule has 0 bridgehead atoms. The van der Waals surface area contributed by atoms with Crippen molar-refractivity contribution in [1.29, 1.82) is 0 Å². The normalized spacial score (nSPS) is 19.6. The lowest BCUT2D eigenvalue weighted by Gasteiger charge is -2.19. The predicted molar refractivity (Wildman–Crippen MR) is 78.7 cm³/mol. The van der Waals surface area contributed by atoms with Gasteiger partial charge in [-0.25, -0.2) is 0 Å². The van der Waals surface area contributed by atoms with Crippen molar-refractivity contribution in [3.05, 3.63) is 29.3 Å². The first-order valence-corrected chi connectivity index (χ1v) is 7.00. The number of carbonyl (C=O) groups is 1. The second-order valence-corrected chi connectivity index (χ2v) is 5.13. The molecule has 1 amide bonds. The fourth-order valence-electron chi connectivity index (χ4n) is 2.45. The molecule has 1 saturated heterocycles. The third-order valence-electron chi connectivity index (χ3n) is 3.66. The minimum absolute atomic E-state index is 0.0365. The smallest absolute Gasteiger partial charge is 0.251 e. The average Bonchev–Trinajstić information content (AvgIpc) is 2.69. The molecule has 1 aromatic carbocycles. The van der Waals surface area contributed by atoms with Gasteiger partial charge in [0, 0.05) is 24.3 Å². The van der Waals surface area contributed by atoms with E-state index >= 15 is 0 Å². The number of anilines is 1. The van der Waals surface area contributed by atoms with Gasteiger partial charge in [0.25, 0.3) is 5.91 Å². The Morgan fingerprint density at radius 3 is 2.95 bits per heavy atom. The van der Waals surface area contributed by atoms with Crippen LogP contribution >= 0.6 is 0 Å². The van der Waals surface area contributed by atoms with E-state index in [1.807, 2.05) is 18.2 Å². The quantitative estimate of drug-likeness (QED) is 0.779. The van der Waals surface area contributed by atoms with Crippen molar-refractivity contribution >= 4 is 11.6 Å². The van der Waals surface area contributed by atoms with Gasteiger partial charge in [0.2, 0.25) is 0 Å². The Labute approximate surface area is 115 Å². The molecule has 1 aromatic rings. The first-order chi connectivity index (χ1) is 9.20. The molecule has 0 radical (unpaired) electrons. The summed E-state index contributed by atoms with van der Waals surface area (Å²) in [7, 11) is 1.66. The van der Waals surface area contributed by atoms with Crippen LogP contribution in [-0.2, 0) is 0 Å². The molecule has 0 aromatic heterocycles. The minimum Gasteiger partial charge on any atom is -0.382 e. The Hall–Kier alpha value is -1.55. The number of rotatable bonds is 3. The SMILES string of the molecule is CNC(=O)c1ccc(C)c(NC2CCCNCC2)c1. The molecular weight excluding hydrogens is 238 g/mol. The molecule has 2 rings (SSSR count). The highest BCUT2D eigenvalue weighted by Gasteiger charge is 2.13. The van der Waals surface area contributed by atoms with Gasteiger partial charge in [-0.05, 0) is 57.0 Å².